The average molecular weight is 349 g/mol. The second-order valence-electron chi connectivity index (χ2n) is 6.04. The van der Waals surface area contributed by atoms with Crippen molar-refractivity contribution in [2.24, 2.45) is 10.7 Å². The Hall–Kier alpha value is -2.92. The molecule has 0 spiro atoms. The highest BCUT2D eigenvalue weighted by molar-refractivity contribution is 6.07. The minimum atomic E-state index is -0.593. The minimum absolute atomic E-state index is 0.239. The number of hydrogen-bond donors (Lipinski definition) is 2. The Morgan fingerprint density at radius 3 is 2.81 bits per heavy atom. The van der Waals surface area contributed by atoms with Gasteiger partial charge in [-0.25, -0.2) is 4.79 Å². The van der Waals surface area contributed by atoms with Crippen molar-refractivity contribution in [1.82, 2.24) is 4.98 Å². The number of carbonyl (C=O) groups is 1. The maximum absolute atomic E-state index is 11.9. The number of carbonyl (C=O) groups excluding carboxylic acids is 1. The molecule has 3 N–H and O–H groups in total. The number of para-hydroxylation sites is 1. The van der Waals surface area contributed by atoms with Gasteiger partial charge in [0.1, 0.15) is 6.61 Å². The number of unbranched alkanes of at least 4 members (excludes halogenated alkanes) is 1. The van der Waals surface area contributed by atoms with Crippen molar-refractivity contribution in [3.8, 4) is 0 Å². The fraction of sp³-hybridized carbons (Fsp3) is 0.238. The number of ether oxygens (including phenoxy) is 1. The van der Waals surface area contributed by atoms with Gasteiger partial charge in [0.05, 0.1) is 10.9 Å². The molecule has 0 radical (unpaired) electrons. The topological polar surface area (TPSA) is 80.5 Å². The van der Waals surface area contributed by atoms with Crippen LogP contribution in [0.4, 0.5) is 4.79 Å². The van der Waals surface area contributed by atoms with Crippen molar-refractivity contribution in [3.05, 3.63) is 65.5 Å². The van der Waals surface area contributed by atoms with E-state index in [0.717, 1.165) is 40.2 Å². The number of nitrogens with two attached hydrogens (primary N) is 1. The van der Waals surface area contributed by atoms with Gasteiger partial charge < -0.3 is 15.5 Å². The number of hydrogen-bond acceptors (Lipinski definition) is 3. The second kappa shape index (κ2) is 8.45. The predicted octanol–water partition coefficient (Wildman–Crippen LogP) is 4.17. The van der Waals surface area contributed by atoms with Crippen molar-refractivity contribution in [2.75, 3.05) is 6.61 Å². The summed E-state index contributed by atoms with van der Waals surface area (Å²) in [6.45, 7) is 2.80. The van der Waals surface area contributed by atoms with Crippen LogP contribution in [0.5, 0.6) is 0 Å². The van der Waals surface area contributed by atoms with Crippen LogP contribution in [0.25, 0.3) is 21.8 Å². The molecule has 0 atom stereocenters. The zero-order valence-electron chi connectivity index (χ0n) is 14.9. The number of aromatic amines is 1. The number of fused-ring (bicyclic) bond motifs is 3. The van der Waals surface area contributed by atoms with Crippen LogP contribution in [-0.4, -0.2) is 17.7 Å². The lowest BCUT2D eigenvalue weighted by Crippen LogP contribution is -2.06. The minimum Gasteiger partial charge on any atom is -0.444 e. The first kappa shape index (κ1) is 17.9. The van der Waals surface area contributed by atoms with Crippen molar-refractivity contribution in [2.45, 2.75) is 26.3 Å². The Morgan fingerprint density at radius 2 is 2.00 bits per heavy atom. The van der Waals surface area contributed by atoms with E-state index in [1.807, 2.05) is 42.5 Å². The number of allylic oxidation sites excluding steroid dienone is 1. The Balaban J connectivity index is 1.92. The molecule has 1 amide bonds. The smallest absolute Gasteiger partial charge is 0.434 e. The molecule has 0 aliphatic heterocycles. The fourth-order valence-corrected chi connectivity index (χ4v) is 2.90. The molecule has 0 bridgehead atoms. The Morgan fingerprint density at radius 1 is 1.19 bits per heavy atom. The van der Waals surface area contributed by atoms with Crippen LogP contribution in [0.15, 0.2) is 59.6 Å². The fourth-order valence-electron chi connectivity index (χ4n) is 2.90. The molecule has 0 aliphatic carbocycles. The standard InChI is InChI=1S/C21H23N3O2/c1-2-3-4-5-12-26-21(25)23-16-9-7-10-17-18-11-6-8-15(14-22)20(18)24-19(17)13-16/h4-11,13,24H,2-3,12,14,22H2,1H3. The molecule has 3 aromatic rings. The third-order valence-electron chi connectivity index (χ3n) is 4.18. The first-order valence-electron chi connectivity index (χ1n) is 8.83. The van der Waals surface area contributed by atoms with Gasteiger partial charge >= 0.3 is 6.09 Å². The molecular weight excluding hydrogens is 326 g/mol. The largest absolute Gasteiger partial charge is 0.444 e. The normalized spacial score (nSPS) is 12.3. The van der Waals surface area contributed by atoms with Gasteiger partial charge in [-0.2, -0.15) is 4.99 Å². The van der Waals surface area contributed by atoms with Crippen LogP contribution in [0.3, 0.4) is 0 Å². The zero-order valence-corrected chi connectivity index (χ0v) is 14.9. The Kier molecular flexibility index (Phi) is 5.81. The number of amides is 1. The third-order valence-corrected chi connectivity index (χ3v) is 4.18. The zero-order chi connectivity index (χ0) is 18.4. The lowest BCUT2D eigenvalue weighted by atomic mass is 10.1. The van der Waals surface area contributed by atoms with Crippen LogP contribution < -0.4 is 11.1 Å². The number of nitrogens with zero attached hydrogens (tertiary/aromatic N) is 1. The third kappa shape index (κ3) is 4.00. The molecule has 3 rings (SSSR count). The van der Waals surface area contributed by atoms with Crippen molar-refractivity contribution in [1.29, 1.82) is 0 Å². The van der Waals surface area contributed by atoms with Gasteiger partial charge in [-0.15, -0.1) is 0 Å². The van der Waals surface area contributed by atoms with Crippen LogP contribution >= 0.6 is 0 Å². The van der Waals surface area contributed by atoms with Crippen LogP contribution in [0.1, 0.15) is 25.3 Å². The molecular formula is C21H23N3O2. The van der Waals surface area contributed by atoms with E-state index in [9.17, 15) is 4.79 Å². The van der Waals surface area contributed by atoms with E-state index >= 15 is 0 Å². The lowest BCUT2D eigenvalue weighted by Gasteiger charge is -1.97. The number of rotatable bonds is 5. The molecule has 134 valence electrons. The van der Waals surface area contributed by atoms with E-state index in [1.54, 1.807) is 6.07 Å². The summed E-state index contributed by atoms with van der Waals surface area (Å²) < 4.78 is 5.11. The number of benzene rings is 1. The van der Waals surface area contributed by atoms with Crippen LogP contribution in [0, 0.1) is 0 Å². The van der Waals surface area contributed by atoms with Crippen LogP contribution in [0.2, 0.25) is 0 Å². The molecule has 1 heterocycles. The quantitative estimate of drug-likeness (QED) is 0.678. The molecule has 0 fully saturated rings. The first-order chi connectivity index (χ1) is 12.7. The van der Waals surface area contributed by atoms with Gasteiger partial charge in [0.25, 0.3) is 0 Å². The molecule has 1 aromatic heterocycles. The van der Waals surface area contributed by atoms with Crippen molar-refractivity contribution < 1.29 is 9.53 Å². The van der Waals surface area contributed by atoms with Crippen molar-refractivity contribution >= 4 is 27.9 Å². The van der Waals surface area contributed by atoms with E-state index in [0.29, 0.717) is 11.9 Å². The number of H-pyrrole nitrogens is 1. The summed E-state index contributed by atoms with van der Waals surface area (Å²) in [7, 11) is 0. The SMILES string of the molecule is CCCC=CCOC(=O)N=c1cccc2c(c1)[nH]c1c(CN)cccc12. The van der Waals surface area contributed by atoms with Gasteiger partial charge in [-0.3, -0.25) is 0 Å². The molecule has 26 heavy (non-hydrogen) atoms. The predicted molar refractivity (Wildman–Crippen MR) is 105 cm³/mol. The summed E-state index contributed by atoms with van der Waals surface area (Å²) in [4.78, 5) is 19.3. The van der Waals surface area contributed by atoms with E-state index in [2.05, 4.69) is 23.0 Å². The van der Waals surface area contributed by atoms with Gasteiger partial charge in [-0.1, -0.05) is 55.8 Å². The number of aromatic nitrogens is 1. The molecule has 0 unspecified atom stereocenters. The van der Waals surface area contributed by atoms with Crippen molar-refractivity contribution in [3.63, 3.8) is 0 Å². The first-order valence-corrected chi connectivity index (χ1v) is 8.83. The summed E-state index contributed by atoms with van der Waals surface area (Å²) in [5.41, 5.74) is 8.81. The van der Waals surface area contributed by atoms with Crippen LogP contribution in [-0.2, 0) is 11.3 Å². The maximum atomic E-state index is 11.9. The monoisotopic (exact) mass is 349 g/mol. The van der Waals surface area contributed by atoms with Gasteiger partial charge in [0.2, 0.25) is 0 Å². The average Bonchev–Trinajstić information content (AvgIpc) is 2.86. The highest BCUT2D eigenvalue weighted by Gasteiger charge is 2.06. The molecule has 5 heteroatoms. The molecule has 5 nitrogen and oxygen atoms in total. The highest BCUT2D eigenvalue weighted by atomic mass is 16.5. The van der Waals surface area contributed by atoms with Gasteiger partial charge in [0.15, 0.2) is 0 Å². The summed E-state index contributed by atoms with van der Waals surface area (Å²) in [5, 5.41) is 2.71. The molecule has 0 saturated carbocycles. The number of nitrogens with one attached hydrogen (secondary N) is 1. The van der Waals surface area contributed by atoms with E-state index in [-0.39, 0.29) is 6.61 Å². The maximum Gasteiger partial charge on any atom is 0.434 e. The Bertz CT molecular complexity index is 1020. The second-order valence-corrected chi connectivity index (χ2v) is 6.04. The highest BCUT2D eigenvalue weighted by Crippen LogP contribution is 2.26. The molecule has 0 aliphatic rings. The van der Waals surface area contributed by atoms with E-state index < -0.39 is 6.09 Å². The van der Waals surface area contributed by atoms with E-state index in [1.165, 1.54) is 0 Å². The summed E-state index contributed by atoms with van der Waals surface area (Å²) in [6, 6.07) is 13.6. The summed E-state index contributed by atoms with van der Waals surface area (Å²) in [5.74, 6) is 0. The molecule has 0 saturated heterocycles. The lowest BCUT2D eigenvalue weighted by molar-refractivity contribution is 0.168. The summed E-state index contributed by atoms with van der Waals surface area (Å²) in [6.07, 6.45) is 5.29. The van der Waals surface area contributed by atoms with Gasteiger partial charge in [-0.05, 0) is 24.1 Å². The Labute approximate surface area is 152 Å². The summed E-state index contributed by atoms with van der Waals surface area (Å²) >= 11 is 0. The van der Waals surface area contributed by atoms with Gasteiger partial charge in [0, 0.05) is 22.8 Å². The van der Waals surface area contributed by atoms with E-state index in [4.69, 9.17) is 10.5 Å². The molecule has 2 aromatic carbocycles.